The lowest BCUT2D eigenvalue weighted by Gasteiger charge is -2.24. The molecule has 16 heavy (non-hydrogen) atoms. The molecule has 0 aliphatic carbocycles. The normalized spacial score (nSPS) is 12.2. The molecule has 1 unspecified atom stereocenters. The van der Waals surface area contributed by atoms with E-state index in [1.165, 1.54) is 4.90 Å². The fourth-order valence-electron chi connectivity index (χ4n) is 1.65. The molecule has 1 atom stereocenters. The molecule has 0 aliphatic heterocycles. The third-order valence-corrected chi connectivity index (χ3v) is 2.40. The van der Waals surface area contributed by atoms with Crippen molar-refractivity contribution in [1.29, 1.82) is 0 Å². The molecular formula is C11H22N2O3. The van der Waals surface area contributed by atoms with E-state index in [-0.39, 0.29) is 24.9 Å². The molecule has 0 saturated heterocycles. The van der Waals surface area contributed by atoms with Crippen molar-refractivity contribution in [2.24, 2.45) is 11.7 Å². The number of rotatable bonds is 8. The van der Waals surface area contributed by atoms with Gasteiger partial charge in [0.25, 0.3) is 0 Å². The molecule has 0 rings (SSSR count). The van der Waals surface area contributed by atoms with E-state index in [2.05, 4.69) is 0 Å². The standard InChI is InChI=1S/C11H22N2O3/c1-3-5-9(7-12)11(16)13(6-4-2)8-10(14)15/h9H,3-8,12H2,1-2H3,(H,14,15). The first-order valence-corrected chi connectivity index (χ1v) is 5.77. The first-order chi connectivity index (χ1) is 7.56. The van der Waals surface area contributed by atoms with Crippen molar-refractivity contribution in [2.75, 3.05) is 19.6 Å². The van der Waals surface area contributed by atoms with Gasteiger partial charge in [0.05, 0.1) is 5.92 Å². The number of carboxylic acids is 1. The number of nitrogens with zero attached hydrogens (tertiary/aromatic N) is 1. The topological polar surface area (TPSA) is 83.6 Å². The molecule has 0 aromatic heterocycles. The van der Waals surface area contributed by atoms with Gasteiger partial charge in [0, 0.05) is 13.1 Å². The van der Waals surface area contributed by atoms with Crippen LogP contribution in [0.15, 0.2) is 0 Å². The second-order valence-electron chi connectivity index (χ2n) is 3.87. The zero-order valence-electron chi connectivity index (χ0n) is 10.1. The van der Waals surface area contributed by atoms with E-state index in [9.17, 15) is 9.59 Å². The van der Waals surface area contributed by atoms with E-state index in [1.807, 2.05) is 13.8 Å². The monoisotopic (exact) mass is 230 g/mol. The Morgan fingerprint density at radius 1 is 1.31 bits per heavy atom. The minimum Gasteiger partial charge on any atom is -0.480 e. The number of carboxylic acid groups (broad SMARTS) is 1. The molecule has 3 N–H and O–H groups in total. The van der Waals surface area contributed by atoms with E-state index in [4.69, 9.17) is 10.8 Å². The van der Waals surface area contributed by atoms with Gasteiger partial charge in [-0.1, -0.05) is 20.3 Å². The van der Waals surface area contributed by atoms with Gasteiger partial charge in [-0.2, -0.15) is 0 Å². The summed E-state index contributed by atoms with van der Waals surface area (Å²) in [5.41, 5.74) is 5.53. The highest BCUT2D eigenvalue weighted by molar-refractivity contribution is 5.83. The fraction of sp³-hybridized carbons (Fsp3) is 0.818. The Morgan fingerprint density at radius 2 is 1.94 bits per heavy atom. The van der Waals surface area contributed by atoms with Crippen LogP contribution >= 0.6 is 0 Å². The Bertz CT molecular complexity index is 231. The highest BCUT2D eigenvalue weighted by atomic mass is 16.4. The molecule has 0 aromatic carbocycles. The van der Waals surface area contributed by atoms with Crippen LogP contribution in [-0.2, 0) is 9.59 Å². The quantitative estimate of drug-likeness (QED) is 0.642. The molecule has 0 spiro atoms. The number of amides is 1. The number of aliphatic carboxylic acids is 1. The zero-order chi connectivity index (χ0) is 12.6. The van der Waals surface area contributed by atoms with Gasteiger partial charge in [-0.3, -0.25) is 9.59 Å². The van der Waals surface area contributed by atoms with Crippen LogP contribution in [0.4, 0.5) is 0 Å². The number of carbonyl (C=O) groups excluding carboxylic acids is 1. The van der Waals surface area contributed by atoms with Gasteiger partial charge in [-0.25, -0.2) is 0 Å². The molecule has 94 valence electrons. The molecular weight excluding hydrogens is 208 g/mol. The molecule has 1 amide bonds. The predicted octanol–water partition coefficient (Wildman–Crippen LogP) is 0.685. The smallest absolute Gasteiger partial charge is 0.323 e. The van der Waals surface area contributed by atoms with Gasteiger partial charge < -0.3 is 15.7 Å². The molecule has 5 nitrogen and oxygen atoms in total. The van der Waals surface area contributed by atoms with Crippen LogP contribution in [0.2, 0.25) is 0 Å². The lowest BCUT2D eigenvalue weighted by atomic mass is 10.0. The van der Waals surface area contributed by atoms with E-state index in [0.717, 1.165) is 19.3 Å². The maximum absolute atomic E-state index is 12.0. The van der Waals surface area contributed by atoms with Crippen molar-refractivity contribution in [2.45, 2.75) is 33.1 Å². The molecule has 0 radical (unpaired) electrons. The average Bonchev–Trinajstić information content (AvgIpc) is 2.23. The van der Waals surface area contributed by atoms with Gasteiger partial charge in [0.1, 0.15) is 6.54 Å². The third kappa shape index (κ3) is 5.11. The van der Waals surface area contributed by atoms with Crippen molar-refractivity contribution in [3.8, 4) is 0 Å². The first-order valence-electron chi connectivity index (χ1n) is 5.77. The fourth-order valence-corrected chi connectivity index (χ4v) is 1.65. The van der Waals surface area contributed by atoms with Gasteiger partial charge in [0.15, 0.2) is 0 Å². The largest absolute Gasteiger partial charge is 0.480 e. The Hall–Kier alpha value is -1.10. The lowest BCUT2D eigenvalue weighted by Crippen LogP contribution is -2.42. The number of hydrogen-bond donors (Lipinski definition) is 2. The van der Waals surface area contributed by atoms with Gasteiger partial charge in [-0.15, -0.1) is 0 Å². The minimum absolute atomic E-state index is 0.131. The SMILES string of the molecule is CCCC(CN)C(=O)N(CCC)CC(=O)O. The van der Waals surface area contributed by atoms with Crippen LogP contribution in [-0.4, -0.2) is 41.5 Å². The molecule has 5 heteroatoms. The Labute approximate surface area is 96.6 Å². The summed E-state index contributed by atoms with van der Waals surface area (Å²) in [6.07, 6.45) is 2.35. The van der Waals surface area contributed by atoms with E-state index >= 15 is 0 Å². The Morgan fingerprint density at radius 3 is 2.31 bits per heavy atom. The summed E-state index contributed by atoms with van der Waals surface area (Å²) < 4.78 is 0. The highest BCUT2D eigenvalue weighted by Crippen LogP contribution is 2.09. The van der Waals surface area contributed by atoms with Crippen LogP contribution < -0.4 is 5.73 Å². The summed E-state index contributed by atoms with van der Waals surface area (Å²) in [7, 11) is 0. The summed E-state index contributed by atoms with van der Waals surface area (Å²) in [6, 6.07) is 0. The van der Waals surface area contributed by atoms with Crippen LogP contribution in [0, 0.1) is 5.92 Å². The number of carbonyl (C=O) groups is 2. The van der Waals surface area contributed by atoms with Crippen LogP contribution in [0.5, 0.6) is 0 Å². The highest BCUT2D eigenvalue weighted by Gasteiger charge is 2.23. The van der Waals surface area contributed by atoms with E-state index in [1.54, 1.807) is 0 Å². The van der Waals surface area contributed by atoms with Gasteiger partial charge >= 0.3 is 5.97 Å². The van der Waals surface area contributed by atoms with Crippen molar-refractivity contribution < 1.29 is 14.7 Å². The third-order valence-electron chi connectivity index (χ3n) is 2.40. The van der Waals surface area contributed by atoms with Gasteiger partial charge in [-0.05, 0) is 12.8 Å². The molecule has 0 aliphatic rings. The Balaban J connectivity index is 4.49. The Kier molecular flexibility index (Phi) is 7.54. The van der Waals surface area contributed by atoms with Crippen LogP contribution in [0.25, 0.3) is 0 Å². The van der Waals surface area contributed by atoms with E-state index < -0.39 is 5.97 Å². The zero-order valence-corrected chi connectivity index (χ0v) is 10.1. The minimum atomic E-state index is -0.978. The predicted molar refractivity (Wildman–Crippen MR) is 62.0 cm³/mol. The summed E-state index contributed by atoms with van der Waals surface area (Å²) in [4.78, 5) is 24.0. The maximum atomic E-state index is 12.0. The number of nitrogens with two attached hydrogens (primary N) is 1. The van der Waals surface area contributed by atoms with Crippen molar-refractivity contribution in [3.63, 3.8) is 0 Å². The van der Waals surface area contributed by atoms with Crippen molar-refractivity contribution in [1.82, 2.24) is 4.90 Å². The molecule has 0 bridgehead atoms. The maximum Gasteiger partial charge on any atom is 0.323 e. The second-order valence-corrected chi connectivity index (χ2v) is 3.87. The average molecular weight is 230 g/mol. The summed E-state index contributed by atoms with van der Waals surface area (Å²) in [6.45, 7) is 4.43. The lowest BCUT2D eigenvalue weighted by molar-refractivity contribution is -0.146. The number of hydrogen-bond acceptors (Lipinski definition) is 3. The first kappa shape index (κ1) is 14.9. The van der Waals surface area contributed by atoms with Crippen molar-refractivity contribution >= 4 is 11.9 Å². The molecule has 0 heterocycles. The summed E-state index contributed by atoms with van der Waals surface area (Å²) in [5.74, 6) is -1.35. The van der Waals surface area contributed by atoms with Gasteiger partial charge in [0.2, 0.25) is 5.91 Å². The van der Waals surface area contributed by atoms with E-state index in [0.29, 0.717) is 6.54 Å². The summed E-state index contributed by atoms with van der Waals surface area (Å²) in [5, 5.41) is 8.72. The van der Waals surface area contributed by atoms with Crippen molar-refractivity contribution in [3.05, 3.63) is 0 Å². The van der Waals surface area contributed by atoms with Crippen LogP contribution in [0.3, 0.4) is 0 Å². The summed E-state index contributed by atoms with van der Waals surface area (Å²) >= 11 is 0. The molecule has 0 fully saturated rings. The molecule has 0 aromatic rings. The van der Waals surface area contributed by atoms with Crippen LogP contribution in [0.1, 0.15) is 33.1 Å². The molecule has 0 saturated carbocycles. The second kappa shape index (κ2) is 8.10.